The van der Waals surface area contributed by atoms with Crippen molar-refractivity contribution in [3.63, 3.8) is 0 Å². The van der Waals surface area contributed by atoms with Crippen LogP contribution in [0.1, 0.15) is 39.0 Å². The van der Waals surface area contributed by atoms with E-state index in [4.69, 9.17) is 4.74 Å². The molecule has 1 aliphatic rings. The summed E-state index contributed by atoms with van der Waals surface area (Å²) in [7, 11) is 0. The Labute approximate surface area is 85.6 Å². The molecule has 1 rings (SSSR count). The van der Waals surface area contributed by atoms with Crippen LogP contribution in [0.2, 0.25) is 0 Å². The topological polar surface area (TPSA) is 26.3 Å². The van der Waals surface area contributed by atoms with E-state index in [1.165, 1.54) is 6.42 Å². The van der Waals surface area contributed by atoms with Gasteiger partial charge in [0.25, 0.3) is 0 Å². The summed E-state index contributed by atoms with van der Waals surface area (Å²) in [6, 6.07) is 0. The van der Waals surface area contributed by atoms with E-state index in [1.54, 1.807) is 6.92 Å². The van der Waals surface area contributed by atoms with E-state index in [0.717, 1.165) is 25.7 Å². The molecule has 0 aromatic rings. The van der Waals surface area contributed by atoms with Gasteiger partial charge in [-0.2, -0.15) is 0 Å². The van der Waals surface area contributed by atoms with Gasteiger partial charge in [-0.3, -0.25) is 0 Å². The maximum atomic E-state index is 11.5. The highest BCUT2D eigenvalue weighted by atomic mass is 16.5. The molecule has 2 nitrogen and oxygen atoms in total. The summed E-state index contributed by atoms with van der Waals surface area (Å²) in [5.41, 5.74) is 1.08. The number of carbonyl (C=O) groups is 1. The number of ether oxygens (including phenoxy) is 1. The summed E-state index contributed by atoms with van der Waals surface area (Å²) < 4.78 is 5.32. The van der Waals surface area contributed by atoms with Gasteiger partial charge in [0, 0.05) is 0 Å². The Balaban J connectivity index is 2.39. The zero-order chi connectivity index (χ0) is 10.6. The molecule has 1 fully saturated rings. The van der Waals surface area contributed by atoms with Gasteiger partial charge in [-0.15, -0.1) is 0 Å². The molecule has 0 unspecified atom stereocenters. The SMILES string of the molecule is C=C(C)C(=C)C(=O)OC1CCCCC1. The zero-order valence-electron chi connectivity index (χ0n) is 8.84. The van der Waals surface area contributed by atoms with Crippen molar-refractivity contribution in [1.29, 1.82) is 0 Å². The predicted molar refractivity (Wildman–Crippen MR) is 56.9 cm³/mol. The van der Waals surface area contributed by atoms with Gasteiger partial charge in [0.15, 0.2) is 0 Å². The maximum absolute atomic E-state index is 11.5. The first-order valence-corrected chi connectivity index (χ1v) is 5.17. The molecule has 0 atom stereocenters. The fourth-order valence-electron chi connectivity index (χ4n) is 1.58. The lowest BCUT2D eigenvalue weighted by molar-refractivity contribution is -0.145. The second-order valence-corrected chi connectivity index (χ2v) is 3.92. The summed E-state index contributed by atoms with van der Waals surface area (Å²) in [4.78, 5) is 11.5. The molecule has 0 N–H and O–H groups in total. The molecular weight excluding hydrogens is 176 g/mol. The van der Waals surface area contributed by atoms with Gasteiger partial charge in [0.1, 0.15) is 6.10 Å². The molecule has 0 aromatic carbocycles. The highest BCUT2D eigenvalue weighted by molar-refractivity contribution is 5.92. The van der Waals surface area contributed by atoms with Crippen LogP contribution in [0.15, 0.2) is 24.3 Å². The van der Waals surface area contributed by atoms with Crippen LogP contribution in [0.4, 0.5) is 0 Å². The van der Waals surface area contributed by atoms with E-state index in [9.17, 15) is 4.79 Å². The van der Waals surface area contributed by atoms with E-state index >= 15 is 0 Å². The van der Waals surface area contributed by atoms with Gasteiger partial charge in [-0.25, -0.2) is 4.79 Å². The second-order valence-electron chi connectivity index (χ2n) is 3.92. The molecule has 14 heavy (non-hydrogen) atoms. The first-order chi connectivity index (χ1) is 6.61. The first-order valence-electron chi connectivity index (χ1n) is 5.17. The Hall–Kier alpha value is -1.05. The summed E-state index contributed by atoms with van der Waals surface area (Å²) in [5.74, 6) is -0.301. The van der Waals surface area contributed by atoms with E-state index in [2.05, 4.69) is 13.2 Å². The molecule has 0 heterocycles. The van der Waals surface area contributed by atoms with Crippen LogP contribution in [0, 0.1) is 0 Å². The van der Waals surface area contributed by atoms with Crippen molar-refractivity contribution in [2.24, 2.45) is 0 Å². The minimum atomic E-state index is -0.301. The van der Waals surface area contributed by atoms with Crippen LogP contribution >= 0.6 is 0 Å². The predicted octanol–water partition coefficient (Wildman–Crippen LogP) is 2.99. The molecule has 0 bridgehead atoms. The minimum Gasteiger partial charge on any atom is -0.459 e. The molecule has 0 saturated heterocycles. The number of carbonyl (C=O) groups excluding carboxylic acids is 1. The van der Waals surface area contributed by atoms with Crippen LogP contribution in [-0.4, -0.2) is 12.1 Å². The average Bonchev–Trinajstić information content (AvgIpc) is 2.18. The second kappa shape index (κ2) is 4.99. The number of hydrogen-bond acceptors (Lipinski definition) is 2. The Morgan fingerprint density at radius 2 is 1.79 bits per heavy atom. The molecule has 1 aliphatic carbocycles. The zero-order valence-corrected chi connectivity index (χ0v) is 8.84. The number of rotatable bonds is 3. The summed E-state index contributed by atoms with van der Waals surface area (Å²) in [5, 5.41) is 0. The quantitative estimate of drug-likeness (QED) is 0.392. The van der Waals surface area contributed by atoms with Gasteiger partial charge >= 0.3 is 5.97 Å². The van der Waals surface area contributed by atoms with Gasteiger partial charge in [0.05, 0.1) is 5.57 Å². The van der Waals surface area contributed by atoms with Crippen molar-refractivity contribution in [2.45, 2.75) is 45.1 Å². The highest BCUT2D eigenvalue weighted by Crippen LogP contribution is 2.21. The molecule has 0 radical (unpaired) electrons. The summed E-state index contributed by atoms with van der Waals surface area (Å²) in [6.07, 6.45) is 5.68. The van der Waals surface area contributed by atoms with Gasteiger partial charge < -0.3 is 4.74 Å². The number of esters is 1. The summed E-state index contributed by atoms with van der Waals surface area (Å²) in [6.45, 7) is 9.08. The van der Waals surface area contributed by atoms with Crippen LogP contribution in [0.25, 0.3) is 0 Å². The smallest absolute Gasteiger partial charge is 0.338 e. The van der Waals surface area contributed by atoms with Crippen LogP contribution < -0.4 is 0 Å². The van der Waals surface area contributed by atoms with E-state index in [0.29, 0.717) is 11.1 Å². The van der Waals surface area contributed by atoms with E-state index in [-0.39, 0.29) is 12.1 Å². The van der Waals surface area contributed by atoms with Gasteiger partial charge in [0.2, 0.25) is 0 Å². The molecule has 0 amide bonds. The van der Waals surface area contributed by atoms with Crippen LogP contribution in [0.5, 0.6) is 0 Å². The minimum absolute atomic E-state index is 0.104. The Bertz CT molecular complexity index is 247. The lowest BCUT2D eigenvalue weighted by Gasteiger charge is -2.22. The molecule has 0 spiro atoms. The van der Waals surface area contributed by atoms with Crippen molar-refractivity contribution in [2.75, 3.05) is 0 Å². The van der Waals surface area contributed by atoms with Crippen LogP contribution in [-0.2, 0) is 9.53 Å². The van der Waals surface area contributed by atoms with Crippen molar-refractivity contribution >= 4 is 5.97 Å². The maximum Gasteiger partial charge on any atom is 0.338 e. The Kier molecular flexibility index (Phi) is 3.93. The van der Waals surface area contributed by atoms with E-state index < -0.39 is 0 Å². The molecule has 2 heteroatoms. The number of hydrogen-bond donors (Lipinski definition) is 0. The average molecular weight is 194 g/mol. The fourth-order valence-corrected chi connectivity index (χ4v) is 1.58. The Morgan fingerprint density at radius 3 is 2.29 bits per heavy atom. The third-order valence-electron chi connectivity index (χ3n) is 2.59. The van der Waals surface area contributed by atoms with Crippen molar-refractivity contribution in [3.8, 4) is 0 Å². The van der Waals surface area contributed by atoms with E-state index in [1.807, 2.05) is 0 Å². The normalized spacial score (nSPS) is 17.5. The van der Waals surface area contributed by atoms with Crippen molar-refractivity contribution in [3.05, 3.63) is 24.3 Å². The van der Waals surface area contributed by atoms with Crippen LogP contribution in [0.3, 0.4) is 0 Å². The van der Waals surface area contributed by atoms with Crippen molar-refractivity contribution < 1.29 is 9.53 Å². The molecule has 0 aliphatic heterocycles. The fraction of sp³-hybridized carbons (Fsp3) is 0.583. The molecule has 78 valence electrons. The standard InChI is InChI=1S/C12H18O2/c1-9(2)10(3)12(13)14-11-7-5-4-6-8-11/h11H,1,3-8H2,2H3. The summed E-state index contributed by atoms with van der Waals surface area (Å²) >= 11 is 0. The van der Waals surface area contributed by atoms with Gasteiger partial charge in [-0.05, 0) is 38.2 Å². The first kappa shape index (κ1) is 11.0. The Morgan fingerprint density at radius 1 is 1.21 bits per heavy atom. The third kappa shape index (κ3) is 3.02. The lowest BCUT2D eigenvalue weighted by Crippen LogP contribution is -2.21. The molecule has 0 aromatic heterocycles. The van der Waals surface area contributed by atoms with Gasteiger partial charge in [-0.1, -0.05) is 19.6 Å². The monoisotopic (exact) mass is 194 g/mol. The molecule has 1 saturated carbocycles. The third-order valence-corrected chi connectivity index (χ3v) is 2.59. The largest absolute Gasteiger partial charge is 0.459 e. The lowest BCUT2D eigenvalue weighted by atomic mass is 9.98. The highest BCUT2D eigenvalue weighted by Gasteiger charge is 2.19. The molecular formula is C12H18O2. The van der Waals surface area contributed by atoms with Crippen molar-refractivity contribution in [1.82, 2.24) is 0 Å².